The molecule has 2 atom stereocenters. The molecule has 1 saturated carbocycles. The fourth-order valence-electron chi connectivity index (χ4n) is 2.05. The molecule has 13 heavy (non-hydrogen) atoms. The van der Waals surface area contributed by atoms with Crippen molar-refractivity contribution in [3.8, 4) is 0 Å². The molecule has 2 fully saturated rings. The Kier molecular flexibility index (Phi) is 2.36. The molecule has 0 aromatic rings. The molecular weight excluding hydrogens is 186 g/mol. The predicted octanol–water partition coefficient (Wildman–Crippen LogP) is 0.562. The molecule has 0 spiro atoms. The highest BCUT2D eigenvalue weighted by Crippen LogP contribution is 2.34. The second-order valence-corrected chi connectivity index (χ2v) is 6.45. The van der Waals surface area contributed by atoms with Crippen molar-refractivity contribution >= 4 is 9.84 Å². The topological polar surface area (TPSA) is 46.2 Å². The first kappa shape index (κ1) is 9.46. The second kappa shape index (κ2) is 3.24. The molecule has 2 aliphatic rings. The molecule has 76 valence electrons. The summed E-state index contributed by atoms with van der Waals surface area (Å²) >= 11 is 0. The van der Waals surface area contributed by atoms with Crippen LogP contribution in [-0.4, -0.2) is 32.0 Å². The van der Waals surface area contributed by atoms with E-state index < -0.39 is 9.84 Å². The fourth-order valence-corrected chi connectivity index (χ4v) is 4.05. The molecule has 3 nitrogen and oxygen atoms in total. The Labute approximate surface area is 79.8 Å². The third-order valence-electron chi connectivity index (χ3n) is 3.02. The van der Waals surface area contributed by atoms with E-state index in [1.165, 1.54) is 12.8 Å². The maximum absolute atomic E-state index is 11.5. The molecule has 0 amide bonds. The zero-order valence-electron chi connectivity index (χ0n) is 7.99. The van der Waals surface area contributed by atoms with Crippen LogP contribution in [0.25, 0.3) is 0 Å². The molecule has 1 saturated heterocycles. The van der Waals surface area contributed by atoms with Crippen molar-refractivity contribution in [2.24, 2.45) is 5.92 Å². The quantitative estimate of drug-likeness (QED) is 0.713. The lowest BCUT2D eigenvalue weighted by atomic mass is 10.1. The Hall–Kier alpha value is -0.0900. The van der Waals surface area contributed by atoms with E-state index in [4.69, 9.17) is 0 Å². The molecule has 2 unspecified atom stereocenters. The first-order valence-electron chi connectivity index (χ1n) is 5.07. The van der Waals surface area contributed by atoms with Crippen molar-refractivity contribution in [2.75, 3.05) is 11.5 Å². The van der Waals surface area contributed by atoms with Crippen molar-refractivity contribution in [3.05, 3.63) is 0 Å². The molecule has 4 heteroatoms. The van der Waals surface area contributed by atoms with Gasteiger partial charge in [-0.3, -0.25) is 0 Å². The van der Waals surface area contributed by atoms with Crippen LogP contribution in [0.4, 0.5) is 0 Å². The molecule has 1 heterocycles. The summed E-state index contributed by atoms with van der Waals surface area (Å²) in [6.07, 6.45) is 3.34. The lowest BCUT2D eigenvalue weighted by Gasteiger charge is -2.30. The van der Waals surface area contributed by atoms with Crippen molar-refractivity contribution in [3.63, 3.8) is 0 Å². The summed E-state index contributed by atoms with van der Waals surface area (Å²) in [5, 5.41) is 3.44. The van der Waals surface area contributed by atoms with Crippen LogP contribution in [0.5, 0.6) is 0 Å². The van der Waals surface area contributed by atoms with Gasteiger partial charge < -0.3 is 5.32 Å². The first-order chi connectivity index (χ1) is 6.11. The zero-order valence-corrected chi connectivity index (χ0v) is 8.81. The van der Waals surface area contributed by atoms with Crippen LogP contribution in [0, 0.1) is 5.92 Å². The highest BCUT2D eigenvalue weighted by molar-refractivity contribution is 7.91. The van der Waals surface area contributed by atoms with Crippen LogP contribution in [0.2, 0.25) is 0 Å². The lowest BCUT2D eigenvalue weighted by molar-refractivity contribution is 0.403. The summed E-state index contributed by atoms with van der Waals surface area (Å²) in [6.45, 7) is 2.04. The van der Waals surface area contributed by atoms with Crippen molar-refractivity contribution in [1.29, 1.82) is 0 Å². The van der Waals surface area contributed by atoms with E-state index in [0.29, 0.717) is 17.4 Å². The highest BCUT2D eigenvalue weighted by atomic mass is 32.2. The summed E-state index contributed by atoms with van der Waals surface area (Å²) in [6, 6.07) is 0.452. The summed E-state index contributed by atoms with van der Waals surface area (Å²) in [4.78, 5) is 0. The Morgan fingerprint density at radius 1 is 1.31 bits per heavy atom. The molecule has 2 rings (SSSR count). The Morgan fingerprint density at radius 3 is 2.54 bits per heavy atom. The van der Waals surface area contributed by atoms with Gasteiger partial charge in [-0.25, -0.2) is 8.42 Å². The average Bonchev–Trinajstić information content (AvgIpc) is 2.83. The lowest BCUT2D eigenvalue weighted by Crippen LogP contribution is -2.52. The van der Waals surface area contributed by atoms with Gasteiger partial charge in [-0.15, -0.1) is 0 Å². The van der Waals surface area contributed by atoms with E-state index in [2.05, 4.69) is 5.32 Å². The highest BCUT2D eigenvalue weighted by Gasteiger charge is 2.39. The van der Waals surface area contributed by atoms with Crippen molar-refractivity contribution in [1.82, 2.24) is 5.32 Å². The Bertz CT molecular complexity index is 282. The van der Waals surface area contributed by atoms with Gasteiger partial charge in [-0.05, 0) is 25.2 Å². The maximum Gasteiger partial charge on any atom is 0.153 e. The van der Waals surface area contributed by atoms with E-state index in [1.54, 1.807) is 0 Å². The number of nitrogens with one attached hydrogen (secondary N) is 1. The zero-order chi connectivity index (χ0) is 9.47. The van der Waals surface area contributed by atoms with E-state index >= 15 is 0 Å². The minimum absolute atomic E-state index is 0.198. The van der Waals surface area contributed by atoms with Gasteiger partial charge in [0.15, 0.2) is 9.84 Å². The van der Waals surface area contributed by atoms with Gasteiger partial charge in [0.1, 0.15) is 0 Å². The van der Waals surface area contributed by atoms with E-state index in [9.17, 15) is 8.42 Å². The Balaban J connectivity index is 2.06. The van der Waals surface area contributed by atoms with Gasteiger partial charge in [0, 0.05) is 12.1 Å². The van der Waals surface area contributed by atoms with Crippen LogP contribution in [0.3, 0.4) is 0 Å². The SMILES string of the molecule is CCC1CS(=O)(=O)CC(C2CC2)N1. The summed E-state index contributed by atoms with van der Waals surface area (Å²) in [7, 11) is -2.76. The van der Waals surface area contributed by atoms with Crippen LogP contribution in [0.1, 0.15) is 26.2 Å². The Morgan fingerprint density at radius 2 is 2.00 bits per heavy atom. The number of hydrogen-bond acceptors (Lipinski definition) is 3. The smallest absolute Gasteiger partial charge is 0.153 e. The second-order valence-electron chi connectivity index (χ2n) is 4.29. The third kappa shape index (κ3) is 2.23. The summed E-state index contributed by atoms with van der Waals surface area (Å²) < 4.78 is 23.0. The van der Waals surface area contributed by atoms with Crippen LogP contribution >= 0.6 is 0 Å². The number of sulfone groups is 1. The number of hydrogen-bond donors (Lipinski definition) is 1. The molecule has 1 aliphatic carbocycles. The van der Waals surface area contributed by atoms with Crippen LogP contribution in [0.15, 0.2) is 0 Å². The monoisotopic (exact) mass is 203 g/mol. The van der Waals surface area contributed by atoms with Gasteiger partial charge in [0.2, 0.25) is 0 Å². The third-order valence-corrected chi connectivity index (χ3v) is 4.80. The molecule has 1 N–H and O–H groups in total. The largest absolute Gasteiger partial charge is 0.309 e. The minimum Gasteiger partial charge on any atom is -0.309 e. The summed E-state index contributed by atoms with van der Waals surface area (Å²) in [5.41, 5.74) is 0. The van der Waals surface area contributed by atoms with Gasteiger partial charge in [-0.1, -0.05) is 6.92 Å². The van der Waals surface area contributed by atoms with Gasteiger partial charge in [0.25, 0.3) is 0 Å². The first-order valence-corrected chi connectivity index (χ1v) is 6.89. The molecular formula is C9H17NO2S. The molecule has 0 bridgehead atoms. The molecule has 0 radical (unpaired) electrons. The van der Waals surface area contributed by atoms with Gasteiger partial charge in [-0.2, -0.15) is 0 Å². The maximum atomic E-state index is 11.5. The van der Waals surface area contributed by atoms with E-state index in [1.807, 2.05) is 6.92 Å². The summed E-state index contributed by atoms with van der Waals surface area (Å²) in [5.74, 6) is 1.35. The van der Waals surface area contributed by atoms with E-state index in [0.717, 1.165) is 6.42 Å². The predicted molar refractivity (Wildman–Crippen MR) is 52.4 cm³/mol. The van der Waals surface area contributed by atoms with Gasteiger partial charge in [0.05, 0.1) is 11.5 Å². The standard InChI is InChI=1S/C9H17NO2S/c1-2-8-5-13(11,12)6-9(10-8)7-3-4-7/h7-10H,2-6H2,1H3. The molecule has 0 aromatic heterocycles. The van der Waals surface area contributed by atoms with Crippen LogP contribution in [-0.2, 0) is 9.84 Å². The number of rotatable bonds is 2. The molecule has 0 aromatic carbocycles. The minimum atomic E-state index is -2.76. The molecule has 1 aliphatic heterocycles. The fraction of sp³-hybridized carbons (Fsp3) is 1.00. The normalized spacial score (nSPS) is 38.8. The van der Waals surface area contributed by atoms with E-state index in [-0.39, 0.29) is 12.1 Å². The average molecular weight is 203 g/mol. The van der Waals surface area contributed by atoms with Crippen LogP contribution < -0.4 is 5.32 Å². The van der Waals surface area contributed by atoms with Crippen molar-refractivity contribution in [2.45, 2.75) is 38.3 Å². The van der Waals surface area contributed by atoms with Crippen molar-refractivity contribution < 1.29 is 8.42 Å². The van der Waals surface area contributed by atoms with Gasteiger partial charge >= 0.3 is 0 Å².